The molecule has 4 heteroatoms. The van der Waals surface area contributed by atoms with E-state index in [0.717, 1.165) is 25.0 Å². The molecule has 2 heterocycles. The third kappa shape index (κ3) is 2.06. The van der Waals surface area contributed by atoms with Gasteiger partial charge in [-0.05, 0) is 42.7 Å². The average Bonchev–Trinajstić information content (AvgIpc) is 3.23. The molecule has 0 unspecified atom stereocenters. The summed E-state index contributed by atoms with van der Waals surface area (Å²) in [5, 5.41) is 8.74. The monoisotopic (exact) mass is 333 g/mol. The van der Waals surface area contributed by atoms with E-state index in [0.29, 0.717) is 11.8 Å². The third-order valence-electron chi connectivity index (χ3n) is 6.48. The second-order valence-electron chi connectivity index (χ2n) is 7.79. The largest absolute Gasteiger partial charge is 0.361 e. The van der Waals surface area contributed by atoms with Gasteiger partial charge in [0.1, 0.15) is 5.76 Å². The Bertz CT molecular complexity index is 910. The Hall–Kier alpha value is -2.36. The van der Waals surface area contributed by atoms with Crippen LogP contribution in [0.4, 0.5) is 0 Å². The lowest BCUT2D eigenvalue weighted by Gasteiger charge is -2.49. The fraction of sp³-hybridized carbons (Fsp3) is 0.429. The molecule has 2 aliphatic rings. The first-order chi connectivity index (χ1) is 12.2. The molecule has 0 spiro atoms. The van der Waals surface area contributed by atoms with Gasteiger partial charge in [-0.15, -0.1) is 0 Å². The van der Waals surface area contributed by atoms with Crippen LogP contribution in [0.25, 0.3) is 0 Å². The predicted octanol–water partition coefficient (Wildman–Crippen LogP) is 3.81. The van der Waals surface area contributed by atoms with Crippen molar-refractivity contribution < 1.29 is 4.52 Å². The van der Waals surface area contributed by atoms with Crippen LogP contribution in [0.5, 0.6) is 0 Å². The van der Waals surface area contributed by atoms with Crippen molar-refractivity contribution >= 4 is 0 Å². The number of hydrogen-bond donors (Lipinski definition) is 0. The lowest BCUT2D eigenvalue weighted by atomic mass is 9.54. The molecule has 0 amide bonds. The molecule has 0 N–H and O–H groups in total. The van der Waals surface area contributed by atoms with Gasteiger partial charge in [-0.2, -0.15) is 5.10 Å². The molecule has 0 aliphatic heterocycles. The first-order valence-corrected chi connectivity index (χ1v) is 9.18. The Balaban J connectivity index is 1.72. The minimum Gasteiger partial charge on any atom is -0.361 e. The smallest absolute Gasteiger partial charge is 0.143 e. The molecule has 2 aromatic heterocycles. The summed E-state index contributed by atoms with van der Waals surface area (Å²) < 4.78 is 7.76. The van der Waals surface area contributed by atoms with Crippen LogP contribution in [-0.4, -0.2) is 14.9 Å². The molecule has 0 fully saturated rings. The van der Waals surface area contributed by atoms with Crippen molar-refractivity contribution in [2.45, 2.75) is 43.9 Å². The lowest BCUT2D eigenvalue weighted by molar-refractivity contribution is 0.150. The van der Waals surface area contributed by atoms with E-state index in [-0.39, 0.29) is 5.41 Å². The maximum Gasteiger partial charge on any atom is 0.143 e. The molecule has 0 radical (unpaired) electrons. The van der Waals surface area contributed by atoms with E-state index in [1.165, 1.54) is 28.8 Å². The topological polar surface area (TPSA) is 43.9 Å². The summed E-state index contributed by atoms with van der Waals surface area (Å²) in [6.45, 7) is 2.31. The maximum absolute atomic E-state index is 5.64. The van der Waals surface area contributed by atoms with Crippen LogP contribution >= 0.6 is 0 Å². The number of hydrogen-bond acceptors (Lipinski definition) is 3. The molecule has 0 saturated carbocycles. The lowest BCUT2D eigenvalue weighted by Crippen LogP contribution is -2.49. The minimum absolute atomic E-state index is 0.0676. The van der Waals surface area contributed by atoms with Crippen LogP contribution in [0.15, 0.2) is 47.2 Å². The van der Waals surface area contributed by atoms with Gasteiger partial charge in [0.15, 0.2) is 0 Å². The summed E-state index contributed by atoms with van der Waals surface area (Å²) >= 11 is 0. The van der Waals surface area contributed by atoms with Crippen LogP contribution in [-0.2, 0) is 31.7 Å². The van der Waals surface area contributed by atoms with E-state index in [1.807, 2.05) is 6.20 Å². The van der Waals surface area contributed by atoms with E-state index in [4.69, 9.17) is 4.52 Å². The van der Waals surface area contributed by atoms with Crippen molar-refractivity contribution in [2.75, 3.05) is 0 Å². The molecule has 2 aliphatic carbocycles. The van der Waals surface area contributed by atoms with Gasteiger partial charge in [0.2, 0.25) is 0 Å². The zero-order chi connectivity index (χ0) is 17.0. The average molecular weight is 333 g/mol. The normalized spacial score (nSPS) is 27.4. The first kappa shape index (κ1) is 14.9. The molecule has 1 aromatic carbocycles. The van der Waals surface area contributed by atoms with Gasteiger partial charge >= 0.3 is 0 Å². The Labute approximate surface area is 147 Å². The number of nitrogens with zero attached hydrogens (tertiary/aromatic N) is 3. The predicted molar refractivity (Wildman–Crippen MR) is 95.5 cm³/mol. The third-order valence-corrected chi connectivity index (χ3v) is 6.48. The highest BCUT2D eigenvalue weighted by Crippen LogP contribution is 2.55. The summed E-state index contributed by atoms with van der Waals surface area (Å²) in [6, 6.07) is 10.9. The van der Waals surface area contributed by atoms with Gasteiger partial charge in [-0.25, -0.2) is 0 Å². The van der Waals surface area contributed by atoms with Gasteiger partial charge in [0, 0.05) is 29.6 Å². The van der Waals surface area contributed by atoms with Crippen molar-refractivity contribution in [1.29, 1.82) is 0 Å². The van der Waals surface area contributed by atoms with E-state index in [9.17, 15) is 0 Å². The fourth-order valence-corrected chi connectivity index (χ4v) is 5.55. The van der Waals surface area contributed by atoms with Crippen molar-refractivity contribution in [1.82, 2.24) is 14.9 Å². The molecular weight excluding hydrogens is 310 g/mol. The van der Waals surface area contributed by atoms with Gasteiger partial charge in [-0.3, -0.25) is 4.68 Å². The van der Waals surface area contributed by atoms with Crippen molar-refractivity contribution in [2.24, 2.45) is 13.0 Å². The van der Waals surface area contributed by atoms with E-state index in [1.54, 1.807) is 0 Å². The Morgan fingerprint density at radius 1 is 1.20 bits per heavy atom. The highest BCUT2D eigenvalue weighted by molar-refractivity contribution is 5.41. The van der Waals surface area contributed by atoms with Gasteiger partial charge in [-0.1, -0.05) is 42.4 Å². The molecular formula is C21H23N3O. The van der Waals surface area contributed by atoms with Crippen LogP contribution in [0, 0.1) is 5.92 Å². The number of aryl methyl sites for hydroxylation is 2. The number of fused-ring (bicyclic) bond motifs is 4. The van der Waals surface area contributed by atoms with Crippen LogP contribution in [0.3, 0.4) is 0 Å². The zero-order valence-corrected chi connectivity index (χ0v) is 14.8. The second kappa shape index (κ2) is 5.32. The summed E-state index contributed by atoms with van der Waals surface area (Å²) in [5.74, 6) is 2.04. The molecule has 3 aromatic rings. The molecule has 0 bridgehead atoms. The molecule has 5 rings (SSSR count). The summed E-state index contributed by atoms with van der Waals surface area (Å²) in [5.41, 5.74) is 5.58. The summed E-state index contributed by atoms with van der Waals surface area (Å²) in [7, 11) is 2.10. The standard InChI is InChI=1S/C21H23N3O/c1-14-18-9-8-16-12-22-24(2)20(16)21(18,10-15-6-4-3-5-7-15)11-17-13-23-25-19(14)17/h3-7,12-14,18H,8-11H2,1-2H3/t14-,18-,21-/m0/s1. The molecule has 3 atom stereocenters. The highest BCUT2D eigenvalue weighted by atomic mass is 16.5. The van der Waals surface area contributed by atoms with E-state index >= 15 is 0 Å². The number of aromatic nitrogens is 3. The number of rotatable bonds is 2. The summed E-state index contributed by atoms with van der Waals surface area (Å²) in [4.78, 5) is 0. The first-order valence-electron chi connectivity index (χ1n) is 9.18. The Morgan fingerprint density at radius 3 is 2.88 bits per heavy atom. The molecule has 128 valence electrons. The van der Waals surface area contributed by atoms with Gasteiger partial charge in [0.05, 0.1) is 12.4 Å². The number of benzene rings is 1. The van der Waals surface area contributed by atoms with Crippen molar-refractivity contribution in [3.8, 4) is 0 Å². The second-order valence-corrected chi connectivity index (χ2v) is 7.79. The van der Waals surface area contributed by atoms with Crippen LogP contribution < -0.4 is 0 Å². The van der Waals surface area contributed by atoms with Crippen LogP contribution in [0.1, 0.15) is 47.4 Å². The zero-order valence-electron chi connectivity index (χ0n) is 14.8. The summed E-state index contributed by atoms with van der Waals surface area (Å²) in [6.07, 6.45) is 8.33. The van der Waals surface area contributed by atoms with Crippen molar-refractivity contribution in [3.05, 3.63) is 70.9 Å². The van der Waals surface area contributed by atoms with Gasteiger partial charge in [0.25, 0.3) is 0 Å². The Morgan fingerprint density at radius 2 is 2.04 bits per heavy atom. The maximum atomic E-state index is 5.64. The highest BCUT2D eigenvalue weighted by Gasteiger charge is 2.53. The quantitative estimate of drug-likeness (QED) is 0.716. The molecule has 4 nitrogen and oxygen atoms in total. The SMILES string of the molecule is C[C@@H]1c2oncc2C[C@]2(Cc3ccccc3)c3c(cnn3C)CC[C@@H]12. The molecule has 0 saturated heterocycles. The minimum atomic E-state index is 0.0676. The van der Waals surface area contributed by atoms with E-state index in [2.05, 4.69) is 65.4 Å². The van der Waals surface area contributed by atoms with Crippen molar-refractivity contribution in [3.63, 3.8) is 0 Å². The van der Waals surface area contributed by atoms with Gasteiger partial charge < -0.3 is 4.52 Å². The van der Waals surface area contributed by atoms with E-state index < -0.39 is 0 Å². The molecule has 25 heavy (non-hydrogen) atoms. The van der Waals surface area contributed by atoms with Crippen LogP contribution in [0.2, 0.25) is 0 Å². The fourth-order valence-electron chi connectivity index (χ4n) is 5.55. The Kier molecular flexibility index (Phi) is 3.18.